The number of aliphatic imine (C=N–C) groups is 1. The van der Waals surface area contributed by atoms with Crippen LogP contribution in [0.25, 0.3) is 0 Å². The number of carbonyl (C=O) groups excluding carboxylic acids is 1. The summed E-state index contributed by atoms with van der Waals surface area (Å²) >= 11 is 0. The number of amides is 1. The summed E-state index contributed by atoms with van der Waals surface area (Å²) in [7, 11) is 0. The van der Waals surface area contributed by atoms with Crippen molar-refractivity contribution < 1.29 is 9.53 Å². The van der Waals surface area contributed by atoms with Gasteiger partial charge in [-0.1, -0.05) is 31.2 Å². The molecular weight excluding hydrogens is 398 g/mol. The zero-order valence-corrected chi connectivity index (χ0v) is 19.2. The molecular formula is C27H33N3O2. The number of nitrogens with zero attached hydrogens (tertiary/aromatic N) is 2. The maximum Gasteiger partial charge on any atom is 0.258 e. The van der Waals surface area contributed by atoms with E-state index in [0.717, 1.165) is 73.8 Å². The molecule has 3 heterocycles. The first-order valence-corrected chi connectivity index (χ1v) is 12.1. The van der Waals surface area contributed by atoms with Gasteiger partial charge in [0, 0.05) is 43.3 Å². The van der Waals surface area contributed by atoms with Crippen LogP contribution >= 0.6 is 0 Å². The van der Waals surface area contributed by atoms with E-state index in [1.54, 1.807) is 0 Å². The zero-order chi connectivity index (χ0) is 22.1. The van der Waals surface area contributed by atoms with Crippen molar-refractivity contribution in [3.8, 4) is 0 Å². The number of piperidine rings is 1. The Morgan fingerprint density at radius 3 is 2.88 bits per heavy atom. The van der Waals surface area contributed by atoms with Gasteiger partial charge in [-0.25, -0.2) is 0 Å². The third-order valence-electron chi connectivity index (χ3n) is 7.06. The molecule has 1 fully saturated rings. The average molecular weight is 432 g/mol. The van der Waals surface area contributed by atoms with Crippen LogP contribution in [0.1, 0.15) is 45.1 Å². The van der Waals surface area contributed by atoms with Crippen molar-refractivity contribution >= 4 is 23.0 Å². The van der Waals surface area contributed by atoms with Gasteiger partial charge in [-0.2, -0.15) is 0 Å². The van der Waals surface area contributed by atoms with Crippen LogP contribution in [-0.2, 0) is 16.0 Å². The van der Waals surface area contributed by atoms with Gasteiger partial charge in [0.15, 0.2) is 0 Å². The van der Waals surface area contributed by atoms with Crippen LogP contribution in [0.4, 0.5) is 11.4 Å². The van der Waals surface area contributed by atoms with E-state index < -0.39 is 0 Å². The summed E-state index contributed by atoms with van der Waals surface area (Å²) in [5, 5.41) is 3.08. The van der Waals surface area contributed by atoms with Crippen LogP contribution in [0.5, 0.6) is 0 Å². The summed E-state index contributed by atoms with van der Waals surface area (Å²) in [6, 6.07) is 6.68. The van der Waals surface area contributed by atoms with Crippen LogP contribution in [0.15, 0.2) is 58.3 Å². The number of allylic oxidation sites excluding steroid dienone is 3. The predicted molar refractivity (Wildman–Crippen MR) is 129 cm³/mol. The second kappa shape index (κ2) is 9.07. The molecule has 32 heavy (non-hydrogen) atoms. The monoisotopic (exact) mass is 431 g/mol. The summed E-state index contributed by atoms with van der Waals surface area (Å²) in [6.45, 7) is 8.04. The highest BCUT2D eigenvalue weighted by molar-refractivity contribution is 6.26. The maximum atomic E-state index is 12.8. The largest absolute Gasteiger partial charge is 0.381 e. The van der Waals surface area contributed by atoms with Crippen LogP contribution in [0.3, 0.4) is 0 Å². The van der Waals surface area contributed by atoms with Crippen LogP contribution in [-0.4, -0.2) is 37.9 Å². The Morgan fingerprint density at radius 1 is 1.22 bits per heavy atom. The summed E-state index contributed by atoms with van der Waals surface area (Å²) < 4.78 is 5.63. The molecule has 5 rings (SSSR count). The van der Waals surface area contributed by atoms with Gasteiger partial charge in [0.05, 0.1) is 17.0 Å². The molecule has 1 N–H and O–H groups in total. The molecule has 0 saturated carbocycles. The predicted octanol–water partition coefficient (Wildman–Crippen LogP) is 4.86. The minimum Gasteiger partial charge on any atom is -0.381 e. The molecule has 1 aromatic rings. The second-order valence-corrected chi connectivity index (χ2v) is 9.40. The molecule has 1 aromatic carbocycles. The fourth-order valence-electron chi connectivity index (χ4n) is 5.20. The Kier molecular flexibility index (Phi) is 6.01. The first-order chi connectivity index (χ1) is 15.6. The molecule has 4 aliphatic rings. The van der Waals surface area contributed by atoms with E-state index >= 15 is 0 Å². The Labute approximate surface area is 190 Å². The van der Waals surface area contributed by atoms with Gasteiger partial charge in [-0.15, -0.1) is 0 Å². The Bertz CT molecular complexity index is 1030. The Hall–Kier alpha value is -2.66. The number of aryl methyl sites for hydroxylation is 1. The highest BCUT2D eigenvalue weighted by Gasteiger charge is 2.31. The van der Waals surface area contributed by atoms with Crippen molar-refractivity contribution in [2.24, 2.45) is 16.8 Å². The average Bonchev–Trinajstić information content (AvgIpc) is 2.99. The first kappa shape index (κ1) is 21.2. The van der Waals surface area contributed by atoms with Crippen molar-refractivity contribution in [1.82, 2.24) is 5.32 Å². The van der Waals surface area contributed by atoms with E-state index in [1.165, 1.54) is 24.1 Å². The highest BCUT2D eigenvalue weighted by atomic mass is 16.5. The molecule has 1 amide bonds. The minimum absolute atomic E-state index is 0.0141. The number of ether oxygens (including phenoxy) is 1. The van der Waals surface area contributed by atoms with E-state index in [-0.39, 0.29) is 5.91 Å². The standard InChI is InChI=1S/C27H33N3O2/c1-3-32-17-19-11-13-30(14-12-19)21-9-7-20-8-10-23(28-24(20)16-21)26-22-6-4-5-18(2)15-25(22)29-27(26)31/h4,6-7,9,15-16,18-19H,3,5,8,10-14,17H2,1-2H3,(H,29,31). The molecule has 0 radical (unpaired) electrons. The Balaban J connectivity index is 1.39. The fourth-order valence-corrected chi connectivity index (χ4v) is 5.20. The van der Waals surface area contributed by atoms with Gasteiger partial charge in [-0.05, 0) is 68.6 Å². The Morgan fingerprint density at radius 2 is 2.06 bits per heavy atom. The molecule has 5 heteroatoms. The van der Waals surface area contributed by atoms with Gasteiger partial charge < -0.3 is 15.0 Å². The zero-order valence-electron chi connectivity index (χ0n) is 19.2. The van der Waals surface area contributed by atoms with E-state index in [2.05, 4.69) is 60.5 Å². The lowest BCUT2D eigenvalue weighted by molar-refractivity contribution is -0.115. The number of benzene rings is 1. The molecule has 1 unspecified atom stereocenters. The molecule has 1 saturated heterocycles. The van der Waals surface area contributed by atoms with E-state index in [4.69, 9.17) is 9.73 Å². The lowest BCUT2D eigenvalue weighted by Crippen LogP contribution is -2.35. The lowest BCUT2D eigenvalue weighted by atomic mass is 9.93. The number of nitrogens with one attached hydrogen (secondary N) is 1. The molecule has 0 aromatic heterocycles. The number of hydrogen-bond donors (Lipinski definition) is 1. The fraction of sp³-hybridized carbons (Fsp3) is 0.481. The summed E-state index contributed by atoms with van der Waals surface area (Å²) in [5.41, 5.74) is 7.16. The summed E-state index contributed by atoms with van der Waals surface area (Å²) in [5.74, 6) is 1.08. The molecule has 168 valence electrons. The minimum atomic E-state index is -0.0141. The maximum absolute atomic E-state index is 12.8. The lowest BCUT2D eigenvalue weighted by Gasteiger charge is -2.34. The third kappa shape index (κ3) is 4.18. The number of hydrogen-bond acceptors (Lipinski definition) is 4. The topological polar surface area (TPSA) is 53.9 Å². The van der Waals surface area contributed by atoms with E-state index in [1.807, 2.05) is 0 Å². The molecule has 0 spiro atoms. The van der Waals surface area contributed by atoms with E-state index in [0.29, 0.717) is 11.8 Å². The second-order valence-electron chi connectivity index (χ2n) is 9.40. The van der Waals surface area contributed by atoms with Crippen LogP contribution in [0, 0.1) is 11.8 Å². The molecule has 3 aliphatic heterocycles. The first-order valence-electron chi connectivity index (χ1n) is 12.1. The number of carbonyl (C=O) groups is 1. The van der Waals surface area contributed by atoms with Crippen molar-refractivity contribution in [2.45, 2.75) is 46.0 Å². The van der Waals surface area contributed by atoms with Gasteiger partial charge >= 0.3 is 0 Å². The van der Waals surface area contributed by atoms with Gasteiger partial charge in [0.25, 0.3) is 5.91 Å². The molecule has 5 nitrogen and oxygen atoms in total. The summed E-state index contributed by atoms with van der Waals surface area (Å²) in [6.07, 6.45) is 11.5. The third-order valence-corrected chi connectivity index (χ3v) is 7.06. The summed E-state index contributed by atoms with van der Waals surface area (Å²) in [4.78, 5) is 20.3. The van der Waals surface area contributed by atoms with Crippen molar-refractivity contribution in [3.63, 3.8) is 0 Å². The van der Waals surface area contributed by atoms with Gasteiger partial charge in [0.2, 0.25) is 0 Å². The van der Waals surface area contributed by atoms with Gasteiger partial charge in [-0.3, -0.25) is 9.79 Å². The highest BCUT2D eigenvalue weighted by Crippen LogP contribution is 2.36. The van der Waals surface area contributed by atoms with Crippen LogP contribution < -0.4 is 10.2 Å². The van der Waals surface area contributed by atoms with Crippen molar-refractivity contribution in [1.29, 1.82) is 0 Å². The van der Waals surface area contributed by atoms with E-state index in [9.17, 15) is 4.79 Å². The smallest absolute Gasteiger partial charge is 0.258 e. The van der Waals surface area contributed by atoms with Crippen molar-refractivity contribution in [2.75, 3.05) is 31.2 Å². The van der Waals surface area contributed by atoms with Crippen LogP contribution in [0.2, 0.25) is 0 Å². The van der Waals surface area contributed by atoms with Gasteiger partial charge in [0.1, 0.15) is 0 Å². The number of fused-ring (bicyclic) bond motifs is 2. The normalized spacial score (nSPS) is 23.4. The quantitative estimate of drug-likeness (QED) is 0.724. The molecule has 1 aliphatic carbocycles. The molecule has 0 bridgehead atoms. The number of anilines is 1. The van der Waals surface area contributed by atoms with Crippen molar-refractivity contribution in [3.05, 3.63) is 58.8 Å². The SMILES string of the molecule is CCOCC1CCN(c2ccc3c(c2)N=C(C2=C4C=CCC(C)C=C4NC2=O)CC3)CC1. The molecule has 1 atom stereocenters. The number of rotatable bonds is 5.